The lowest BCUT2D eigenvalue weighted by molar-refractivity contribution is -0.390. The van der Waals surface area contributed by atoms with E-state index in [1.165, 1.54) is 30.7 Å². The zero-order chi connectivity index (χ0) is 18.0. The van der Waals surface area contributed by atoms with E-state index in [0.29, 0.717) is 21.4 Å². The molecule has 0 aliphatic heterocycles. The second-order valence-corrected chi connectivity index (χ2v) is 5.97. The van der Waals surface area contributed by atoms with E-state index < -0.39 is 22.7 Å². The Bertz CT molecular complexity index is 920. The molecule has 128 valence electrons. The number of halogens is 2. The van der Waals surface area contributed by atoms with Gasteiger partial charge in [0.25, 0.3) is 0 Å². The molecular weight excluding hydrogens is 397 g/mol. The van der Waals surface area contributed by atoms with Crippen molar-refractivity contribution in [2.75, 3.05) is 0 Å². The highest BCUT2D eigenvalue weighted by Crippen LogP contribution is 2.34. The zero-order valence-electron chi connectivity index (χ0n) is 12.8. The van der Waals surface area contributed by atoms with Gasteiger partial charge in [-0.1, -0.05) is 0 Å². The SMILES string of the molecule is CC(Oc1cc(Br)cnc1[N+](=O)[O-])c1cc(F)ccc1-c1ncn[nH]1. The molecule has 0 bridgehead atoms. The van der Waals surface area contributed by atoms with Gasteiger partial charge in [0.1, 0.15) is 18.2 Å². The normalized spacial score (nSPS) is 12.0. The van der Waals surface area contributed by atoms with Crippen LogP contribution in [0, 0.1) is 15.9 Å². The number of hydrogen-bond acceptors (Lipinski definition) is 6. The van der Waals surface area contributed by atoms with Crippen molar-refractivity contribution in [2.45, 2.75) is 13.0 Å². The Morgan fingerprint density at radius 2 is 2.16 bits per heavy atom. The molecule has 0 radical (unpaired) electrons. The minimum absolute atomic E-state index is 0.0281. The first-order chi connectivity index (χ1) is 12.0. The highest BCUT2D eigenvalue weighted by atomic mass is 79.9. The first-order valence-corrected chi connectivity index (χ1v) is 7.87. The van der Waals surface area contributed by atoms with Gasteiger partial charge in [-0.05, 0) is 51.0 Å². The van der Waals surface area contributed by atoms with E-state index in [0.717, 1.165) is 0 Å². The lowest BCUT2D eigenvalue weighted by atomic mass is 10.0. The van der Waals surface area contributed by atoms with E-state index >= 15 is 0 Å². The van der Waals surface area contributed by atoms with Gasteiger partial charge in [-0.25, -0.2) is 9.37 Å². The maximum absolute atomic E-state index is 13.7. The third-order valence-electron chi connectivity index (χ3n) is 3.40. The first-order valence-electron chi connectivity index (χ1n) is 7.07. The molecule has 0 spiro atoms. The summed E-state index contributed by atoms with van der Waals surface area (Å²) in [6.07, 6.45) is 1.93. The van der Waals surface area contributed by atoms with E-state index in [4.69, 9.17) is 4.74 Å². The number of aromatic nitrogens is 4. The highest BCUT2D eigenvalue weighted by molar-refractivity contribution is 9.10. The quantitative estimate of drug-likeness (QED) is 0.508. The summed E-state index contributed by atoms with van der Waals surface area (Å²) in [4.78, 5) is 18.3. The van der Waals surface area contributed by atoms with E-state index in [1.807, 2.05) is 0 Å². The number of nitrogens with zero attached hydrogens (tertiary/aromatic N) is 4. The molecule has 0 amide bonds. The van der Waals surface area contributed by atoms with Crippen LogP contribution in [0.2, 0.25) is 0 Å². The summed E-state index contributed by atoms with van der Waals surface area (Å²) in [5.41, 5.74) is 1.04. The maximum atomic E-state index is 13.7. The largest absolute Gasteiger partial charge is 0.478 e. The molecule has 25 heavy (non-hydrogen) atoms. The van der Waals surface area contributed by atoms with Crippen molar-refractivity contribution in [2.24, 2.45) is 0 Å². The molecule has 10 heteroatoms. The number of aromatic amines is 1. The van der Waals surface area contributed by atoms with Gasteiger partial charge in [-0.15, -0.1) is 0 Å². The van der Waals surface area contributed by atoms with Crippen LogP contribution in [0.25, 0.3) is 11.4 Å². The van der Waals surface area contributed by atoms with Gasteiger partial charge in [0.2, 0.25) is 5.75 Å². The van der Waals surface area contributed by atoms with Gasteiger partial charge in [0.05, 0.1) is 4.47 Å². The van der Waals surface area contributed by atoms with Crippen molar-refractivity contribution in [1.82, 2.24) is 20.2 Å². The molecule has 8 nitrogen and oxygen atoms in total. The van der Waals surface area contributed by atoms with Crippen molar-refractivity contribution in [3.05, 3.63) is 62.8 Å². The summed E-state index contributed by atoms with van der Waals surface area (Å²) in [7, 11) is 0. The standard InChI is InChI=1S/C15H11BrFN5O3/c1-8(25-13-4-9(16)6-18-15(13)22(23)24)12-5-10(17)2-3-11(12)14-19-7-20-21-14/h2-8H,1H3,(H,19,20,21). The fourth-order valence-electron chi connectivity index (χ4n) is 2.31. The fraction of sp³-hybridized carbons (Fsp3) is 0.133. The molecule has 1 atom stereocenters. The van der Waals surface area contributed by atoms with Crippen LogP contribution in [0.5, 0.6) is 5.75 Å². The Hall–Kier alpha value is -2.88. The summed E-state index contributed by atoms with van der Waals surface area (Å²) in [5.74, 6) is -0.477. The van der Waals surface area contributed by atoms with E-state index in [-0.39, 0.29) is 5.75 Å². The third-order valence-corrected chi connectivity index (χ3v) is 3.83. The molecule has 1 N–H and O–H groups in total. The summed E-state index contributed by atoms with van der Waals surface area (Å²) >= 11 is 3.20. The second kappa shape index (κ2) is 6.93. The number of hydrogen-bond donors (Lipinski definition) is 1. The van der Waals surface area contributed by atoms with Gasteiger partial charge in [-0.2, -0.15) is 5.10 Å². The number of nitrogens with one attached hydrogen (secondary N) is 1. The average Bonchev–Trinajstić information content (AvgIpc) is 3.08. The number of nitro groups is 1. The summed E-state index contributed by atoms with van der Waals surface area (Å²) < 4.78 is 20.0. The molecule has 0 aliphatic rings. The predicted molar refractivity (Wildman–Crippen MR) is 89.4 cm³/mol. The smallest absolute Gasteiger partial charge is 0.406 e. The minimum atomic E-state index is -0.703. The summed E-state index contributed by atoms with van der Waals surface area (Å²) in [6.45, 7) is 1.65. The monoisotopic (exact) mass is 407 g/mol. The van der Waals surface area contributed by atoms with Crippen molar-refractivity contribution in [3.63, 3.8) is 0 Å². The van der Waals surface area contributed by atoms with Gasteiger partial charge in [0, 0.05) is 17.2 Å². The summed E-state index contributed by atoms with van der Waals surface area (Å²) in [6, 6.07) is 5.56. The molecule has 0 fully saturated rings. The Kier molecular flexibility index (Phi) is 4.70. The Labute approximate surface area is 149 Å². The molecule has 1 unspecified atom stereocenters. The second-order valence-electron chi connectivity index (χ2n) is 5.06. The number of rotatable bonds is 5. The topological polar surface area (TPSA) is 107 Å². The average molecular weight is 408 g/mol. The zero-order valence-corrected chi connectivity index (χ0v) is 14.4. The number of benzene rings is 1. The number of H-pyrrole nitrogens is 1. The molecule has 2 heterocycles. The van der Waals surface area contributed by atoms with Crippen LogP contribution in [0.1, 0.15) is 18.6 Å². The Morgan fingerprint density at radius 1 is 1.36 bits per heavy atom. The van der Waals surface area contributed by atoms with Crippen LogP contribution in [-0.4, -0.2) is 25.1 Å². The van der Waals surface area contributed by atoms with Crippen molar-refractivity contribution < 1.29 is 14.1 Å². The molecule has 1 aromatic carbocycles. The van der Waals surface area contributed by atoms with E-state index in [9.17, 15) is 14.5 Å². The fourth-order valence-corrected chi connectivity index (χ4v) is 2.62. The van der Waals surface area contributed by atoms with Gasteiger partial charge in [-0.3, -0.25) is 5.10 Å². The molecule has 3 rings (SSSR count). The van der Waals surface area contributed by atoms with Crippen LogP contribution in [0.15, 0.2) is 41.3 Å². The molecule has 0 aliphatic carbocycles. The Balaban J connectivity index is 2.00. The lowest BCUT2D eigenvalue weighted by Crippen LogP contribution is -2.08. The highest BCUT2D eigenvalue weighted by Gasteiger charge is 2.22. The van der Waals surface area contributed by atoms with Gasteiger partial charge < -0.3 is 14.9 Å². The van der Waals surface area contributed by atoms with Gasteiger partial charge in [0.15, 0.2) is 12.0 Å². The molecule has 2 aromatic heterocycles. The molecule has 0 saturated carbocycles. The minimum Gasteiger partial charge on any atom is -0.478 e. The molecule has 3 aromatic rings. The van der Waals surface area contributed by atoms with Crippen molar-refractivity contribution in [1.29, 1.82) is 0 Å². The van der Waals surface area contributed by atoms with Crippen molar-refractivity contribution in [3.8, 4) is 17.1 Å². The predicted octanol–water partition coefficient (Wildman–Crippen LogP) is 3.82. The van der Waals surface area contributed by atoms with Crippen LogP contribution in [0.4, 0.5) is 10.2 Å². The van der Waals surface area contributed by atoms with Crippen LogP contribution >= 0.6 is 15.9 Å². The van der Waals surface area contributed by atoms with E-state index in [2.05, 4.69) is 36.1 Å². The van der Waals surface area contributed by atoms with Crippen LogP contribution in [-0.2, 0) is 0 Å². The number of pyridine rings is 1. The van der Waals surface area contributed by atoms with E-state index in [1.54, 1.807) is 13.0 Å². The Morgan fingerprint density at radius 3 is 2.84 bits per heavy atom. The van der Waals surface area contributed by atoms with Gasteiger partial charge >= 0.3 is 5.82 Å². The first kappa shape index (κ1) is 17.0. The third kappa shape index (κ3) is 3.63. The molecular formula is C15H11BrFN5O3. The van der Waals surface area contributed by atoms with Crippen LogP contribution in [0.3, 0.4) is 0 Å². The molecule has 0 saturated heterocycles. The van der Waals surface area contributed by atoms with Crippen LogP contribution < -0.4 is 4.74 Å². The lowest BCUT2D eigenvalue weighted by Gasteiger charge is -2.17. The van der Waals surface area contributed by atoms with Crippen molar-refractivity contribution >= 4 is 21.7 Å². The number of ether oxygens (including phenoxy) is 1. The summed E-state index contributed by atoms with van der Waals surface area (Å²) in [5, 5.41) is 17.6. The maximum Gasteiger partial charge on any atom is 0.406 e.